The van der Waals surface area contributed by atoms with E-state index in [1.807, 2.05) is 35.2 Å². The minimum atomic E-state index is -0.113. The van der Waals surface area contributed by atoms with E-state index in [9.17, 15) is 4.79 Å². The first kappa shape index (κ1) is 16.2. The summed E-state index contributed by atoms with van der Waals surface area (Å²) >= 11 is 0. The molecule has 3 aromatic rings. The summed E-state index contributed by atoms with van der Waals surface area (Å²) in [5.74, 6) is 0.132. The molecule has 2 aliphatic rings. The van der Waals surface area contributed by atoms with Crippen LogP contribution < -0.4 is 5.32 Å². The monoisotopic (exact) mass is 357 g/mol. The summed E-state index contributed by atoms with van der Waals surface area (Å²) in [6.45, 7) is 3.64. The van der Waals surface area contributed by atoms with Gasteiger partial charge in [-0.1, -0.05) is 24.3 Å². The fourth-order valence-electron chi connectivity index (χ4n) is 4.50. The molecule has 0 bridgehead atoms. The fourth-order valence-corrected chi connectivity index (χ4v) is 4.50. The highest BCUT2D eigenvalue weighted by Crippen LogP contribution is 2.43. The lowest BCUT2D eigenvalue weighted by Gasteiger charge is -2.46. The first-order valence-electron chi connectivity index (χ1n) is 9.58. The molecule has 1 aromatic heterocycles. The van der Waals surface area contributed by atoms with Crippen molar-refractivity contribution in [3.63, 3.8) is 0 Å². The van der Waals surface area contributed by atoms with E-state index in [4.69, 9.17) is 0 Å². The zero-order valence-corrected chi connectivity index (χ0v) is 15.5. The zero-order chi connectivity index (χ0) is 18.4. The minimum absolute atomic E-state index is 0.113. The molecule has 1 amide bonds. The molecule has 27 heavy (non-hydrogen) atoms. The van der Waals surface area contributed by atoms with Gasteiger partial charge in [0.1, 0.15) is 0 Å². The number of rotatable bonds is 1. The van der Waals surface area contributed by atoms with Gasteiger partial charge in [-0.05, 0) is 61.7 Å². The van der Waals surface area contributed by atoms with Gasteiger partial charge >= 0.3 is 0 Å². The van der Waals surface area contributed by atoms with E-state index in [-0.39, 0.29) is 11.4 Å². The maximum Gasteiger partial charge on any atom is 0.253 e. The van der Waals surface area contributed by atoms with Gasteiger partial charge in [-0.15, -0.1) is 0 Å². The predicted octanol–water partition coefficient (Wildman–Crippen LogP) is 4.34. The van der Waals surface area contributed by atoms with Gasteiger partial charge in [0, 0.05) is 30.5 Å². The number of benzene rings is 2. The van der Waals surface area contributed by atoms with Gasteiger partial charge in [-0.2, -0.15) is 0 Å². The zero-order valence-electron chi connectivity index (χ0n) is 15.5. The van der Waals surface area contributed by atoms with Crippen molar-refractivity contribution in [2.75, 3.05) is 18.4 Å². The lowest BCUT2D eigenvalue weighted by atomic mass is 9.82. The highest BCUT2D eigenvalue weighted by atomic mass is 16.2. The second-order valence-corrected chi connectivity index (χ2v) is 7.65. The average molecular weight is 357 g/mol. The molecule has 1 saturated heterocycles. The number of aryl methyl sites for hydroxylation is 1. The number of piperidine rings is 1. The van der Waals surface area contributed by atoms with Crippen LogP contribution in [0.3, 0.4) is 0 Å². The van der Waals surface area contributed by atoms with Gasteiger partial charge in [-0.25, -0.2) is 0 Å². The summed E-state index contributed by atoms with van der Waals surface area (Å²) in [5.41, 5.74) is 5.59. The number of hydrogen-bond donors (Lipinski definition) is 1. The second-order valence-electron chi connectivity index (χ2n) is 7.65. The van der Waals surface area contributed by atoms with Crippen molar-refractivity contribution in [3.05, 3.63) is 83.7 Å². The van der Waals surface area contributed by atoms with Crippen LogP contribution in [-0.4, -0.2) is 28.5 Å². The Kier molecular flexibility index (Phi) is 3.61. The maximum atomic E-state index is 12.8. The Balaban J connectivity index is 1.44. The highest BCUT2D eigenvalue weighted by molar-refractivity contribution is 5.94. The van der Waals surface area contributed by atoms with Gasteiger partial charge in [-0.3, -0.25) is 4.79 Å². The van der Waals surface area contributed by atoms with E-state index in [2.05, 4.69) is 53.3 Å². The molecule has 0 atom stereocenters. The van der Waals surface area contributed by atoms with Gasteiger partial charge in [0.05, 0.1) is 16.9 Å². The number of anilines is 1. The molecule has 4 heteroatoms. The molecule has 1 fully saturated rings. The SMILES string of the molecule is Cc1ccc2c(c1)NC1(CCN(C(=O)c3ccccc3)CC1)c1cccn1-2. The van der Waals surface area contributed by atoms with Crippen LogP contribution in [-0.2, 0) is 5.54 Å². The summed E-state index contributed by atoms with van der Waals surface area (Å²) in [6.07, 6.45) is 3.96. The number of carbonyl (C=O) groups excluding carboxylic acids is 1. The number of fused-ring (bicyclic) bond motifs is 4. The third-order valence-electron chi connectivity index (χ3n) is 5.95. The second kappa shape index (κ2) is 6.02. The first-order chi connectivity index (χ1) is 13.2. The number of nitrogens with one attached hydrogen (secondary N) is 1. The smallest absolute Gasteiger partial charge is 0.253 e. The Morgan fingerprint density at radius 1 is 1.00 bits per heavy atom. The molecule has 0 aliphatic carbocycles. The van der Waals surface area contributed by atoms with Crippen molar-refractivity contribution >= 4 is 11.6 Å². The molecule has 136 valence electrons. The van der Waals surface area contributed by atoms with Crippen molar-refractivity contribution in [3.8, 4) is 5.69 Å². The summed E-state index contributed by atoms with van der Waals surface area (Å²) in [4.78, 5) is 14.8. The highest BCUT2D eigenvalue weighted by Gasteiger charge is 2.42. The van der Waals surface area contributed by atoms with Crippen LogP contribution in [0.1, 0.15) is 34.5 Å². The number of hydrogen-bond acceptors (Lipinski definition) is 2. The van der Waals surface area contributed by atoms with Gasteiger partial charge in [0.15, 0.2) is 0 Å². The molecular formula is C23H23N3O. The number of carbonyl (C=O) groups is 1. The Labute approximate surface area is 159 Å². The van der Waals surface area contributed by atoms with Gasteiger partial charge in [0.2, 0.25) is 0 Å². The van der Waals surface area contributed by atoms with Crippen LogP contribution in [0.2, 0.25) is 0 Å². The van der Waals surface area contributed by atoms with Crippen LogP contribution in [0.25, 0.3) is 5.69 Å². The van der Waals surface area contributed by atoms with Crippen molar-refractivity contribution in [2.45, 2.75) is 25.3 Å². The molecule has 0 saturated carbocycles. The summed E-state index contributed by atoms with van der Waals surface area (Å²) in [5, 5.41) is 3.84. The third-order valence-corrected chi connectivity index (χ3v) is 5.95. The molecular weight excluding hydrogens is 334 g/mol. The molecule has 3 heterocycles. The Bertz CT molecular complexity index is 997. The quantitative estimate of drug-likeness (QED) is 0.703. The molecule has 1 N–H and O–H groups in total. The lowest BCUT2D eigenvalue weighted by Crippen LogP contribution is -2.51. The Morgan fingerprint density at radius 3 is 2.56 bits per heavy atom. The number of nitrogens with zero attached hydrogens (tertiary/aromatic N) is 2. The van der Waals surface area contributed by atoms with E-state index in [0.29, 0.717) is 0 Å². The number of amides is 1. The Morgan fingerprint density at radius 2 is 1.78 bits per heavy atom. The van der Waals surface area contributed by atoms with Crippen molar-refractivity contribution in [1.82, 2.24) is 9.47 Å². The summed E-state index contributed by atoms with van der Waals surface area (Å²) in [6, 6.07) is 20.5. The molecule has 2 aliphatic heterocycles. The van der Waals surface area contributed by atoms with Crippen molar-refractivity contribution in [1.29, 1.82) is 0 Å². The standard InChI is InChI=1S/C23H23N3O/c1-17-9-10-20-19(16-17)24-23(21-8-5-13-26(20)21)11-14-25(15-12-23)22(27)18-6-3-2-4-7-18/h2-10,13,16,24H,11-12,14-15H2,1H3. The van der Waals surface area contributed by atoms with Crippen LogP contribution in [0, 0.1) is 6.92 Å². The van der Waals surface area contributed by atoms with Crippen LogP contribution in [0.4, 0.5) is 5.69 Å². The van der Waals surface area contributed by atoms with Gasteiger partial charge in [0.25, 0.3) is 5.91 Å². The largest absolute Gasteiger partial charge is 0.372 e. The molecule has 1 spiro atoms. The third kappa shape index (κ3) is 2.55. The molecule has 2 aromatic carbocycles. The molecule has 5 rings (SSSR count). The predicted molar refractivity (Wildman–Crippen MR) is 107 cm³/mol. The van der Waals surface area contributed by atoms with Crippen LogP contribution in [0.5, 0.6) is 0 Å². The first-order valence-corrected chi connectivity index (χ1v) is 9.58. The van der Waals surface area contributed by atoms with Crippen molar-refractivity contribution in [2.24, 2.45) is 0 Å². The van der Waals surface area contributed by atoms with E-state index >= 15 is 0 Å². The lowest BCUT2D eigenvalue weighted by molar-refractivity contribution is 0.0676. The maximum absolute atomic E-state index is 12.8. The fraction of sp³-hybridized carbons (Fsp3) is 0.261. The van der Waals surface area contributed by atoms with E-state index in [0.717, 1.165) is 31.5 Å². The van der Waals surface area contributed by atoms with Crippen molar-refractivity contribution < 1.29 is 4.79 Å². The van der Waals surface area contributed by atoms with E-state index < -0.39 is 0 Å². The topological polar surface area (TPSA) is 37.3 Å². The average Bonchev–Trinajstić information content (AvgIpc) is 3.20. The normalized spacial score (nSPS) is 17.1. The molecule has 0 radical (unpaired) electrons. The summed E-state index contributed by atoms with van der Waals surface area (Å²) in [7, 11) is 0. The van der Waals surface area contributed by atoms with E-state index in [1.165, 1.54) is 22.6 Å². The minimum Gasteiger partial charge on any atom is -0.372 e. The van der Waals surface area contributed by atoms with E-state index in [1.54, 1.807) is 0 Å². The molecule has 4 nitrogen and oxygen atoms in total. The molecule has 0 unspecified atom stereocenters. The summed E-state index contributed by atoms with van der Waals surface area (Å²) < 4.78 is 2.31. The Hall–Kier alpha value is -3.01. The van der Waals surface area contributed by atoms with Crippen LogP contribution >= 0.6 is 0 Å². The number of aromatic nitrogens is 1. The van der Waals surface area contributed by atoms with Gasteiger partial charge < -0.3 is 14.8 Å². The van der Waals surface area contributed by atoms with Crippen LogP contribution in [0.15, 0.2) is 66.9 Å². The number of likely N-dealkylation sites (tertiary alicyclic amines) is 1.